The topological polar surface area (TPSA) is 0 Å². The van der Waals surface area contributed by atoms with Crippen LogP contribution in [0.1, 0.15) is 285 Å². The first kappa shape index (κ1) is 58.3. The van der Waals surface area contributed by atoms with Gasteiger partial charge in [-0.2, -0.15) is 0 Å². The molecule has 0 spiro atoms. The second-order valence-corrected chi connectivity index (χ2v) is 17.3. The first-order chi connectivity index (χ1) is 22.5. The molecule has 0 aliphatic heterocycles. The standard InChI is InChI=1S/C10H20.3C9H18.C6H14.2C2H6.2CH4/c1-9-6-4-3-5-7-10(2)8-9;3*1-9-7-5-3-2-4-6-8-9;1-5-6(2,3)4;2*1-2;;/h9-10H,3-8H2,1-2H3;3*9H,2-8H2,1H3;5H2,1-4H3;2*1-2H3;2*1H4. The van der Waals surface area contributed by atoms with Gasteiger partial charge in [0.05, 0.1) is 0 Å². The second kappa shape index (κ2) is 44.2. The molecule has 4 fully saturated rings. The summed E-state index contributed by atoms with van der Waals surface area (Å²) < 4.78 is 0. The van der Waals surface area contributed by atoms with Gasteiger partial charge in [0, 0.05) is 0 Å². The van der Waals surface area contributed by atoms with Crippen LogP contribution in [0.15, 0.2) is 0 Å². The van der Waals surface area contributed by atoms with E-state index in [1.807, 2.05) is 27.7 Å². The van der Waals surface area contributed by atoms with Gasteiger partial charge >= 0.3 is 0 Å². The van der Waals surface area contributed by atoms with Crippen LogP contribution in [0.25, 0.3) is 0 Å². The van der Waals surface area contributed by atoms with E-state index >= 15 is 0 Å². The van der Waals surface area contributed by atoms with Gasteiger partial charge in [-0.25, -0.2) is 0 Å². The van der Waals surface area contributed by atoms with Gasteiger partial charge in [0.2, 0.25) is 0 Å². The van der Waals surface area contributed by atoms with Crippen molar-refractivity contribution in [3.8, 4) is 0 Å². The third-order valence-electron chi connectivity index (χ3n) is 10.9. The molecule has 304 valence electrons. The molecule has 0 heterocycles. The summed E-state index contributed by atoms with van der Waals surface area (Å²) in [6.45, 7) is 28.9. The highest BCUT2D eigenvalue weighted by molar-refractivity contribution is 4.64. The lowest BCUT2D eigenvalue weighted by molar-refractivity contribution is 0.329. The lowest BCUT2D eigenvalue weighted by atomic mass is 9.86. The Balaban J connectivity index is -0.000000160. The Bertz CT molecular complexity index is 459. The molecule has 0 radical (unpaired) electrons. The van der Waals surface area contributed by atoms with E-state index in [0.717, 1.165) is 29.6 Å². The third-order valence-corrected chi connectivity index (χ3v) is 10.9. The summed E-state index contributed by atoms with van der Waals surface area (Å²) in [7, 11) is 0. The van der Waals surface area contributed by atoms with Gasteiger partial charge in [0.1, 0.15) is 0 Å². The van der Waals surface area contributed by atoms with Crippen LogP contribution in [0.2, 0.25) is 0 Å². The van der Waals surface area contributed by atoms with E-state index in [0.29, 0.717) is 5.41 Å². The zero-order chi connectivity index (χ0) is 36.2. The predicted molar refractivity (Wildman–Crippen MR) is 236 cm³/mol. The van der Waals surface area contributed by atoms with Crippen LogP contribution >= 0.6 is 0 Å². The molecule has 2 atom stereocenters. The van der Waals surface area contributed by atoms with E-state index in [4.69, 9.17) is 0 Å². The molecular formula is C49H108. The molecule has 0 nitrogen and oxygen atoms in total. The molecule has 4 aliphatic rings. The zero-order valence-electron chi connectivity index (χ0n) is 36.2. The maximum Gasteiger partial charge on any atom is -0.0385 e. The number of rotatable bonds is 0. The quantitative estimate of drug-likeness (QED) is 0.236. The number of hydrogen-bond acceptors (Lipinski definition) is 0. The van der Waals surface area contributed by atoms with Crippen LogP contribution < -0.4 is 0 Å². The Morgan fingerprint density at radius 3 is 0.653 bits per heavy atom. The van der Waals surface area contributed by atoms with Crippen molar-refractivity contribution in [2.24, 2.45) is 35.0 Å². The zero-order valence-corrected chi connectivity index (χ0v) is 36.2. The minimum absolute atomic E-state index is 0. The van der Waals surface area contributed by atoms with Gasteiger partial charge < -0.3 is 0 Å². The SMILES string of the molecule is C.C.CC.CC.CC1CCCCCC(C)C1.CC1CCCCCCC1.CC1CCCCCCC1.CC1CCCCCCC1.CCC(C)(C)C. The van der Waals surface area contributed by atoms with Crippen LogP contribution in [0.3, 0.4) is 0 Å². The molecule has 0 N–H and O–H groups in total. The summed E-state index contributed by atoms with van der Waals surface area (Å²) in [5.41, 5.74) is 0.542. The lowest BCUT2D eigenvalue weighted by Crippen LogP contribution is -2.06. The Morgan fingerprint density at radius 1 is 0.327 bits per heavy atom. The minimum Gasteiger partial charge on any atom is -0.0776 e. The van der Waals surface area contributed by atoms with E-state index in [2.05, 4.69) is 62.3 Å². The van der Waals surface area contributed by atoms with Crippen LogP contribution in [-0.2, 0) is 0 Å². The van der Waals surface area contributed by atoms with Crippen molar-refractivity contribution in [2.45, 2.75) is 285 Å². The predicted octanol–water partition coefficient (Wildman–Crippen LogP) is 19.5. The van der Waals surface area contributed by atoms with Crippen molar-refractivity contribution in [2.75, 3.05) is 0 Å². The fraction of sp³-hybridized carbons (Fsp3) is 1.00. The summed E-state index contributed by atoms with van der Waals surface area (Å²) in [6.07, 6.45) is 41.4. The third kappa shape index (κ3) is 50.2. The van der Waals surface area contributed by atoms with E-state index in [1.165, 1.54) is 180 Å². The Labute approximate surface area is 318 Å². The highest BCUT2D eigenvalue weighted by Crippen LogP contribution is 2.26. The van der Waals surface area contributed by atoms with Gasteiger partial charge in [0.25, 0.3) is 0 Å². The molecule has 4 aliphatic carbocycles. The van der Waals surface area contributed by atoms with Crippen molar-refractivity contribution in [3.63, 3.8) is 0 Å². The molecular weight excluding hydrogens is 589 g/mol. The van der Waals surface area contributed by atoms with E-state index in [-0.39, 0.29) is 14.9 Å². The van der Waals surface area contributed by atoms with Gasteiger partial charge in [-0.05, 0) is 41.4 Å². The molecule has 0 bridgehead atoms. The summed E-state index contributed by atoms with van der Waals surface area (Å²) in [4.78, 5) is 0. The summed E-state index contributed by atoms with van der Waals surface area (Å²) in [6, 6.07) is 0. The number of hydrogen-bond donors (Lipinski definition) is 0. The molecule has 2 unspecified atom stereocenters. The van der Waals surface area contributed by atoms with Crippen molar-refractivity contribution < 1.29 is 0 Å². The average molecular weight is 697 g/mol. The molecule has 0 aromatic rings. The summed E-state index contributed by atoms with van der Waals surface area (Å²) in [5.74, 6) is 5.05. The average Bonchev–Trinajstić information content (AvgIpc) is 3.01. The Kier molecular flexibility index (Phi) is 52.6. The molecule has 0 amide bonds. The van der Waals surface area contributed by atoms with Gasteiger partial charge in [-0.1, -0.05) is 278 Å². The van der Waals surface area contributed by atoms with Crippen molar-refractivity contribution in [1.29, 1.82) is 0 Å². The smallest absolute Gasteiger partial charge is 0.0385 e. The van der Waals surface area contributed by atoms with Crippen molar-refractivity contribution >= 4 is 0 Å². The van der Waals surface area contributed by atoms with E-state index in [1.54, 1.807) is 0 Å². The molecule has 4 rings (SSSR count). The van der Waals surface area contributed by atoms with Crippen LogP contribution in [-0.4, -0.2) is 0 Å². The van der Waals surface area contributed by atoms with E-state index < -0.39 is 0 Å². The van der Waals surface area contributed by atoms with Crippen LogP contribution in [0.5, 0.6) is 0 Å². The largest absolute Gasteiger partial charge is 0.0776 e. The van der Waals surface area contributed by atoms with E-state index in [9.17, 15) is 0 Å². The molecule has 0 aromatic heterocycles. The molecule has 0 aromatic carbocycles. The normalized spacial score (nSPS) is 23.0. The van der Waals surface area contributed by atoms with Crippen LogP contribution in [0, 0.1) is 35.0 Å². The highest BCUT2D eigenvalue weighted by Gasteiger charge is 2.11. The maximum absolute atomic E-state index is 2.40. The molecule has 0 saturated heterocycles. The van der Waals surface area contributed by atoms with Gasteiger partial charge in [0.15, 0.2) is 0 Å². The lowest BCUT2D eigenvalue weighted by Gasteiger charge is -2.20. The van der Waals surface area contributed by atoms with Crippen LogP contribution in [0.4, 0.5) is 0 Å². The fourth-order valence-electron chi connectivity index (χ4n) is 7.07. The first-order valence-corrected chi connectivity index (χ1v) is 22.5. The molecule has 0 heteroatoms. The minimum atomic E-state index is 0. The second-order valence-electron chi connectivity index (χ2n) is 17.3. The van der Waals surface area contributed by atoms with Gasteiger partial charge in [-0.3, -0.25) is 0 Å². The monoisotopic (exact) mass is 697 g/mol. The summed E-state index contributed by atoms with van der Waals surface area (Å²) in [5, 5.41) is 0. The molecule has 4 saturated carbocycles. The fourth-order valence-corrected chi connectivity index (χ4v) is 7.07. The van der Waals surface area contributed by atoms with Crippen molar-refractivity contribution in [1.82, 2.24) is 0 Å². The summed E-state index contributed by atoms with van der Waals surface area (Å²) >= 11 is 0. The highest BCUT2D eigenvalue weighted by atomic mass is 14.2. The first-order valence-electron chi connectivity index (χ1n) is 22.5. The van der Waals surface area contributed by atoms with Gasteiger partial charge in [-0.15, -0.1) is 0 Å². The Morgan fingerprint density at radius 2 is 0.469 bits per heavy atom. The van der Waals surface area contributed by atoms with Crippen molar-refractivity contribution in [3.05, 3.63) is 0 Å². The maximum atomic E-state index is 2.40. The molecule has 49 heavy (non-hydrogen) atoms. The Hall–Kier alpha value is 0.